The van der Waals surface area contributed by atoms with E-state index in [1.807, 2.05) is 0 Å². The Balaban J connectivity index is 1.68. The van der Waals surface area contributed by atoms with E-state index >= 15 is 0 Å². The zero-order chi connectivity index (χ0) is 22.9. The SMILES string of the molecule is COc1ccc(-c2nnc(N[C@H]3CC34CCCCC4)nc2/C=C(/C)N)c(OC(F)(F)F)c1. The van der Waals surface area contributed by atoms with Crippen LogP contribution >= 0.6 is 0 Å². The first-order chi connectivity index (χ1) is 15.2. The third-order valence-electron chi connectivity index (χ3n) is 6.09. The molecule has 2 aromatic rings. The summed E-state index contributed by atoms with van der Waals surface area (Å²) in [7, 11) is 1.36. The number of ether oxygens (including phenoxy) is 2. The van der Waals surface area contributed by atoms with Crippen LogP contribution in [0, 0.1) is 5.41 Å². The second-order valence-electron chi connectivity index (χ2n) is 8.49. The molecule has 1 spiro atoms. The summed E-state index contributed by atoms with van der Waals surface area (Å²) in [6.07, 6.45) is 3.86. The highest BCUT2D eigenvalue weighted by molar-refractivity contribution is 5.76. The van der Waals surface area contributed by atoms with Crippen molar-refractivity contribution in [3.63, 3.8) is 0 Å². The molecule has 0 unspecified atom stereocenters. The van der Waals surface area contributed by atoms with E-state index in [2.05, 4.69) is 25.2 Å². The Kier molecular flexibility index (Phi) is 5.87. The van der Waals surface area contributed by atoms with E-state index in [0.717, 1.165) is 12.5 Å². The van der Waals surface area contributed by atoms with E-state index in [-0.39, 0.29) is 23.0 Å². The summed E-state index contributed by atoms with van der Waals surface area (Å²) in [6.45, 7) is 1.66. The van der Waals surface area contributed by atoms with Gasteiger partial charge in [0.15, 0.2) is 0 Å². The maximum absolute atomic E-state index is 13.0. The first-order valence-electron chi connectivity index (χ1n) is 10.6. The number of benzene rings is 1. The molecule has 1 heterocycles. The molecule has 32 heavy (non-hydrogen) atoms. The van der Waals surface area contributed by atoms with Gasteiger partial charge in [0.1, 0.15) is 17.2 Å². The van der Waals surface area contributed by atoms with Crippen molar-refractivity contribution in [2.24, 2.45) is 11.1 Å². The summed E-state index contributed by atoms with van der Waals surface area (Å²) in [5, 5.41) is 11.7. The molecular formula is C22H26F3N5O2. The lowest BCUT2D eigenvalue weighted by atomic mass is 9.86. The van der Waals surface area contributed by atoms with Gasteiger partial charge in [-0.05, 0) is 49.8 Å². The van der Waals surface area contributed by atoms with E-state index in [4.69, 9.17) is 10.5 Å². The largest absolute Gasteiger partial charge is 0.573 e. The molecule has 0 saturated heterocycles. The van der Waals surface area contributed by atoms with Crippen molar-refractivity contribution in [2.45, 2.75) is 57.9 Å². The summed E-state index contributed by atoms with van der Waals surface area (Å²) >= 11 is 0. The second-order valence-corrected chi connectivity index (χ2v) is 8.49. The Bertz CT molecular complexity index is 1020. The number of nitrogens with one attached hydrogen (secondary N) is 1. The van der Waals surface area contributed by atoms with Gasteiger partial charge >= 0.3 is 6.36 Å². The minimum absolute atomic E-state index is 0.0809. The Morgan fingerprint density at radius 3 is 2.62 bits per heavy atom. The summed E-state index contributed by atoms with van der Waals surface area (Å²) < 4.78 is 48.3. The minimum Gasteiger partial charge on any atom is -0.497 e. The van der Waals surface area contributed by atoms with E-state index in [1.54, 1.807) is 13.0 Å². The average Bonchev–Trinajstić information content (AvgIpc) is 3.37. The molecule has 2 saturated carbocycles. The number of aromatic nitrogens is 3. The molecule has 0 radical (unpaired) electrons. The summed E-state index contributed by atoms with van der Waals surface area (Å²) in [6, 6.07) is 4.39. The fourth-order valence-corrected chi connectivity index (χ4v) is 4.46. The number of methoxy groups -OCH3 is 1. The lowest BCUT2D eigenvalue weighted by molar-refractivity contribution is -0.274. The number of hydrogen-bond acceptors (Lipinski definition) is 7. The molecule has 0 bridgehead atoms. The highest BCUT2D eigenvalue weighted by atomic mass is 19.4. The number of nitrogens with two attached hydrogens (primary N) is 1. The number of alkyl halides is 3. The third kappa shape index (κ3) is 4.89. The van der Waals surface area contributed by atoms with Crippen LogP contribution in [0.2, 0.25) is 0 Å². The van der Waals surface area contributed by atoms with E-state index < -0.39 is 12.1 Å². The molecular weight excluding hydrogens is 423 g/mol. The summed E-state index contributed by atoms with van der Waals surface area (Å²) in [5.41, 5.74) is 7.11. The molecule has 2 fully saturated rings. The summed E-state index contributed by atoms with van der Waals surface area (Å²) in [5.74, 6) is 0.0904. The second kappa shape index (κ2) is 8.48. The maximum atomic E-state index is 13.0. The van der Waals surface area contributed by atoms with Gasteiger partial charge in [-0.25, -0.2) is 4.98 Å². The lowest BCUT2D eigenvalue weighted by Gasteiger charge is -2.22. The fourth-order valence-electron chi connectivity index (χ4n) is 4.46. The van der Waals surface area contributed by atoms with Crippen molar-refractivity contribution in [2.75, 3.05) is 12.4 Å². The number of halogens is 3. The third-order valence-corrected chi connectivity index (χ3v) is 6.09. The molecule has 4 rings (SSSR count). The van der Waals surface area contributed by atoms with Crippen molar-refractivity contribution in [3.05, 3.63) is 29.6 Å². The number of allylic oxidation sites excluding steroid dienone is 1. The maximum Gasteiger partial charge on any atom is 0.573 e. The van der Waals surface area contributed by atoms with E-state index in [0.29, 0.717) is 22.8 Å². The monoisotopic (exact) mass is 449 g/mol. The highest BCUT2D eigenvalue weighted by Crippen LogP contribution is 2.57. The molecule has 1 aromatic heterocycles. The molecule has 1 aromatic carbocycles. The van der Waals surface area contributed by atoms with E-state index in [1.165, 1.54) is 51.3 Å². The van der Waals surface area contributed by atoms with Crippen molar-refractivity contribution in [3.8, 4) is 22.8 Å². The van der Waals surface area contributed by atoms with Gasteiger partial charge in [0, 0.05) is 23.4 Å². The number of rotatable bonds is 6. The van der Waals surface area contributed by atoms with Gasteiger partial charge in [-0.1, -0.05) is 19.3 Å². The van der Waals surface area contributed by atoms with Crippen LogP contribution in [-0.4, -0.2) is 34.7 Å². The Morgan fingerprint density at radius 2 is 1.97 bits per heavy atom. The predicted octanol–water partition coefficient (Wildman–Crippen LogP) is 4.90. The molecule has 10 heteroatoms. The Labute approximate surface area is 184 Å². The van der Waals surface area contributed by atoms with Crippen LogP contribution in [-0.2, 0) is 0 Å². The molecule has 172 valence electrons. The lowest BCUT2D eigenvalue weighted by Crippen LogP contribution is -2.19. The first-order valence-corrected chi connectivity index (χ1v) is 10.6. The van der Waals surface area contributed by atoms with Crippen LogP contribution in [0.1, 0.15) is 51.1 Å². The fraction of sp³-hybridized carbons (Fsp3) is 0.500. The zero-order valence-corrected chi connectivity index (χ0v) is 18.0. The molecule has 3 N–H and O–H groups in total. The average molecular weight is 449 g/mol. The number of anilines is 1. The molecule has 2 aliphatic carbocycles. The quantitative estimate of drug-likeness (QED) is 0.648. The van der Waals surface area contributed by atoms with Gasteiger partial charge in [-0.3, -0.25) is 0 Å². The van der Waals surface area contributed by atoms with Gasteiger partial charge < -0.3 is 20.5 Å². The topological polar surface area (TPSA) is 95.2 Å². The molecule has 1 atom stereocenters. The summed E-state index contributed by atoms with van der Waals surface area (Å²) in [4.78, 5) is 4.52. The molecule has 0 aliphatic heterocycles. The van der Waals surface area contributed by atoms with Crippen LogP contribution in [0.25, 0.3) is 17.3 Å². The zero-order valence-electron chi connectivity index (χ0n) is 18.0. The Hall–Kier alpha value is -3.04. The molecule has 2 aliphatic rings. The van der Waals surface area contributed by atoms with Crippen molar-refractivity contribution >= 4 is 12.0 Å². The smallest absolute Gasteiger partial charge is 0.497 e. The van der Waals surface area contributed by atoms with Crippen LogP contribution in [0.15, 0.2) is 23.9 Å². The standard InChI is InChI=1S/C22H26F3N5O2/c1-13(26)10-16-19(15-7-6-14(31-2)11-17(15)32-22(23,24)25)29-30-20(27-16)28-18-12-21(18)8-4-3-5-9-21/h6-7,10-11,18H,3-5,8-9,12,26H2,1-2H3,(H,27,28,30)/b13-10-/t18-/m0/s1. The van der Waals surface area contributed by atoms with Gasteiger partial charge in [0.2, 0.25) is 5.95 Å². The minimum atomic E-state index is -4.89. The number of nitrogens with zero attached hydrogens (tertiary/aromatic N) is 3. The van der Waals surface area contributed by atoms with Crippen molar-refractivity contribution in [1.29, 1.82) is 0 Å². The van der Waals surface area contributed by atoms with E-state index in [9.17, 15) is 13.2 Å². The van der Waals surface area contributed by atoms with Crippen molar-refractivity contribution in [1.82, 2.24) is 15.2 Å². The van der Waals surface area contributed by atoms with Crippen LogP contribution in [0.4, 0.5) is 19.1 Å². The van der Waals surface area contributed by atoms with Crippen LogP contribution < -0.4 is 20.5 Å². The molecule has 0 amide bonds. The number of hydrogen-bond donors (Lipinski definition) is 2. The van der Waals surface area contributed by atoms with Crippen LogP contribution in [0.5, 0.6) is 11.5 Å². The Morgan fingerprint density at radius 1 is 1.22 bits per heavy atom. The van der Waals surface area contributed by atoms with Gasteiger partial charge in [0.25, 0.3) is 0 Å². The predicted molar refractivity (Wildman–Crippen MR) is 114 cm³/mol. The van der Waals surface area contributed by atoms with Crippen molar-refractivity contribution < 1.29 is 22.6 Å². The highest BCUT2D eigenvalue weighted by Gasteiger charge is 2.54. The van der Waals surface area contributed by atoms with Crippen LogP contribution in [0.3, 0.4) is 0 Å². The van der Waals surface area contributed by atoms with Gasteiger partial charge in [0.05, 0.1) is 12.8 Å². The molecule has 7 nitrogen and oxygen atoms in total. The normalized spacial score (nSPS) is 20.2. The first kappa shape index (κ1) is 22.2. The van der Waals surface area contributed by atoms with Gasteiger partial charge in [-0.2, -0.15) is 0 Å². The van der Waals surface area contributed by atoms with Gasteiger partial charge in [-0.15, -0.1) is 23.4 Å².